The second kappa shape index (κ2) is 2.44. The highest BCUT2D eigenvalue weighted by Crippen LogP contribution is 2.33. The van der Waals surface area contributed by atoms with Crippen LogP contribution in [0.15, 0.2) is 11.1 Å². The Morgan fingerprint density at radius 1 is 1.62 bits per heavy atom. The van der Waals surface area contributed by atoms with Gasteiger partial charge in [-0.2, -0.15) is 0 Å². The molecule has 2 heteroatoms. The molecule has 0 amide bonds. The molecule has 0 bridgehead atoms. The van der Waals surface area contributed by atoms with Crippen LogP contribution in [-0.2, 0) is 0 Å². The number of thiol groups is 1. The summed E-state index contributed by atoms with van der Waals surface area (Å²) in [5.74, 6) is 0.698. The fraction of sp³-hybridized carbons (Fsp3) is 0.667. The van der Waals surface area contributed by atoms with Gasteiger partial charge in [0, 0.05) is 11.1 Å². The van der Waals surface area contributed by atoms with Gasteiger partial charge in [-0.05, 0) is 18.8 Å². The third-order valence-corrected chi connectivity index (χ3v) is 2.21. The summed E-state index contributed by atoms with van der Waals surface area (Å²) in [6.45, 7) is 0. The van der Waals surface area contributed by atoms with Crippen molar-refractivity contribution in [2.45, 2.75) is 19.3 Å². The van der Waals surface area contributed by atoms with Crippen molar-refractivity contribution in [1.29, 1.82) is 0 Å². The molecule has 1 saturated carbocycles. The smallest absolute Gasteiger partial charge is 0.00348 e. The highest BCUT2D eigenvalue weighted by molar-refractivity contribution is 7.84. The summed E-state index contributed by atoms with van der Waals surface area (Å²) >= 11 is 4.19. The van der Waals surface area contributed by atoms with Gasteiger partial charge >= 0.3 is 0 Å². The van der Waals surface area contributed by atoms with E-state index in [-0.39, 0.29) is 0 Å². The van der Waals surface area contributed by atoms with Gasteiger partial charge in [-0.3, -0.25) is 0 Å². The van der Waals surface area contributed by atoms with E-state index in [0.717, 1.165) is 4.91 Å². The molecule has 1 rings (SSSR count). The number of allylic oxidation sites excluding steroid dienone is 1. The lowest BCUT2D eigenvalue weighted by atomic mass is 9.85. The topological polar surface area (TPSA) is 26.0 Å². The first-order valence-electron chi connectivity index (χ1n) is 2.95. The van der Waals surface area contributed by atoms with E-state index in [4.69, 9.17) is 5.73 Å². The molecule has 1 fully saturated rings. The van der Waals surface area contributed by atoms with Crippen LogP contribution in [0.5, 0.6) is 0 Å². The van der Waals surface area contributed by atoms with E-state index in [9.17, 15) is 0 Å². The average molecular weight is 129 g/mol. The quantitative estimate of drug-likeness (QED) is 0.516. The average Bonchev–Trinajstić information content (AvgIpc) is 1.62. The van der Waals surface area contributed by atoms with Crippen LogP contribution >= 0.6 is 12.6 Å². The van der Waals surface area contributed by atoms with E-state index in [0.29, 0.717) is 5.92 Å². The number of rotatable bonds is 1. The maximum Gasteiger partial charge on any atom is 0.00348 e. The van der Waals surface area contributed by atoms with Crippen molar-refractivity contribution >= 4 is 12.6 Å². The minimum Gasteiger partial charge on any atom is -0.404 e. The molecular formula is C6H11NS. The van der Waals surface area contributed by atoms with Gasteiger partial charge in [0.15, 0.2) is 0 Å². The zero-order valence-electron chi connectivity index (χ0n) is 4.80. The lowest BCUT2D eigenvalue weighted by molar-refractivity contribution is 0.382. The summed E-state index contributed by atoms with van der Waals surface area (Å²) in [4.78, 5) is 1.07. The van der Waals surface area contributed by atoms with Gasteiger partial charge in [0.1, 0.15) is 0 Å². The molecule has 2 N–H and O–H groups in total. The second-order valence-corrected chi connectivity index (χ2v) is 2.74. The summed E-state index contributed by atoms with van der Waals surface area (Å²) in [5, 5.41) is 0. The molecule has 0 radical (unpaired) electrons. The highest BCUT2D eigenvalue weighted by atomic mass is 32.1. The molecule has 0 heterocycles. The van der Waals surface area contributed by atoms with Gasteiger partial charge in [0.05, 0.1) is 0 Å². The fourth-order valence-corrected chi connectivity index (χ4v) is 1.10. The van der Waals surface area contributed by atoms with Crippen molar-refractivity contribution in [1.82, 2.24) is 0 Å². The van der Waals surface area contributed by atoms with Crippen molar-refractivity contribution in [2.24, 2.45) is 11.7 Å². The summed E-state index contributed by atoms with van der Waals surface area (Å²) < 4.78 is 0. The summed E-state index contributed by atoms with van der Waals surface area (Å²) in [5.41, 5.74) is 5.24. The fourth-order valence-electron chi connectivity index (χ4n) is 0.840. The molecule has 8 heavy (non-hydrogen) atoms. The lowest BCUT2D eigenvalue weighted by Crippen LogP contribution is -2.11. The van der Waals surface area contributed by atoms with Crippen LogP contribution in [0.1, 0.15) is 19.3 Å². The Balaban J connectivity index is 2.34. The zero-order valence-corrected chi connectivity index (χ0v) is 5.70. The van der Waals surface area contributed by atoms with Gasteiger partial charge in [-0.15, -0.1) is 12.6 Å². The normalized spacial score (nSPS) is 22.9. The molecule has 0 saturated heterocycles. The van der Waals surface area contributed by atoms with Crippen LogP contribution in [0.25, 0.3) is 0 Å². The highest BCUT2D eigenvalue weighted by Gasteiger charge is 2.18. The minimum absolute atomic E-state index is 0.698. The Morgan fingerprint density at radius 3 is 2.38 bits per heavy atom. The molecule has 0 unspecified atom stereocenters. The first-order valence-corrected chi connectivity index (χ1v) is 3.40. The van der Waals surface area contributed by atoms with E-state index in [1.54, 1.807) is 6.20 Å². The Morgan fingerprint density at radius 2 is 2.25 bits per heavy atom. The Hall–Kier alpha value is -0.110. The summed E-state index contributed by atoms with van der Waals surface area (Å²) in [6.07, 6.45) is 5.52. The van der Waals surface area contributed by atoms with Gasteiger partial charge in [-0.25, -0.2) is 0 Å². The number of hydrogen-bond donors (Lipinski definition) is 2. The first kappa shape index (κ1) is 6.02. The summed E-state index contributed by atoms with van der Waals surface area (Å²) in [6, 6.07) is 0. The van der Waals surface area contributed by atoms with Crippen molar-refractivity contribution in [3.63, 3.8) is 0 Å². The molecule has 0 aromatic heterocycles. The molecule has 0 aromatic rings. The molecule has 0 atom stereocenters. The van der Waals surface area contributed by atoms with E-state index >= 15 is 0 Å². The molecule has 0 spiro atoms. The molecule has 0 aromatic carbocycles. The predicted octanol–water partition coefficient (Wildman–Crippen LogP) is 1.52. The SMILES string of the molecule is N/C=C(\S)C1CCC1. The summed E-state index contributed by atoms with van der Waals surface area (Å²) in [7, 11) is 0. The lowest BCUT2D eigenvalue weighted by Gasteiger charge is -2.24. The number of nitrogens with two attached hydrogens (primary N) is 1. The third-order valence-electron chi connectivity index (χ3n) is 1.69. The van der Waals surface area contributed by atoms with Crippen LogP contribution in [0.4, 0.5) is 0 Å². The second-order valence-electron chi connectivity index (χ2n) is 2.22. The van der Waals surface area contributed by atoms with Crippen molar-refractivity contribution < 1.29 is 0 Å². The van der Waals surface area contributed by atoms with Gasteiger partial charge < -0.3 is 5.73 Å². The van der Waals surface area contributed by atoms with Crippen LogP contribution in [0.3, 0.4) is 0 Å². The molecule has 1 aliphatic rings. The van der Waals surface area contributed by atoms with Crippen molar-refractivity contribution in [3.8, 4) is 0 Å². The third kappa shape index (κ3) is 0.996. The minimum atomic E-state index is 0.698. The van der Waals surface area contributed by atoms with E-state index in [2.05, 4.69) is 12.6 Å². The van der Waals surface area contributed by atoms with Crippen LogP contribution in [0, 0.1) is 5.92 Å². The Kier molecular flexibility index (Phi) is 1.84. The van der Waals surface area contributed by atoms with E-state index in [1.165, 1.54) is 19.3 Å². The van der Waals surface area contributed by atoms with Crippen molar-refractivity contribution in [3.05, 3.63) is 11.1 Å². The maximum absolute atomic E-state index is 5.24. The Labute approximate surface area is 55.4 Å². The molecule has 1 nitrogen and oxygen atoms in total. The first-order chi connectivity index (χ1) is 3.84. The monoisotopic (exact) mass is 129 g/mol. The van der Waals surface area contributed by atoms with Gasteiger partial charge in [-0.1, -0.05) is 6.42 Å². The van der Waals surface area contributed by atoms with Gasteiger partial charge in [0.25, 0.3) is 0 Å². The molecule has 46 valence electrons. The molecular weight excluding hydrogens is 118 g/mol. The van der Waals surface area contributed by atoms with Gasteiger partial charge in [0.2, 0.25) is 0 Å². The molecule has 0 aliphatic heterocycles. The van der Waals surface area contributed by atoms with E-state index in [1.807, 2.05) is 0 Å². The predicted molar refractivity (Wildman–Crippen MR) is 38.6 cm³/mol. The van der Waals surface area contributed by atoms with Crippen LogP contribution in [-0.4, -0.2) is 0 Å². The maximum atomic E-state index is 5.24. The Bertz CT molecular complexity index is 105. The van der Waals surface area contributed by atoms with Crippen LogP contribution < -0.4 is 5.73 Å². The largest absolute Gasteiger partial charge is 0.404 e. The zero-order chi connectivity index (χ0) is 5.98. The molecule has 1 aliphatic carbocycles. The van der Waals surface area contributed by atoms with Crippen molar-refractivity contribution in [2.75, 3.05) is 0 Å². The number of hydrogen-bond acceptors (Lipinski definition) is 2. The van der Waals surface area contributed by atoms with Crippen LogP contribution in [0.2, 0.25) is 0 Å². The van der Waals surface area contributed by atoms with E-state index < -0.39 is 0 Å². The standard InChI is InChI=1S/C6H11NS/c7-4-6(8)5-2-1-3-5/h4-5,8H,1-3,7H2/b6-4-.